The van der Waals surface area contributed by atoms with Crippen molar-refractivity contribution in [2.24, 2.45) is 0 Å². The van der Waals surface area contributed by atoms with Gasteiger partial charge in [-0.25, -0.2) is 0 Å². The fourth-order valence-corrected chi connectivity index (χ4v) is 1.47. The topological polar surface area (TPSA) is 26.7 Å². The van der Waals surface area contributed by atoms with Crippen molar-refractivity contribution < 1.29 is 5.11 Å². The van der Waals surface area contributed by atoms with E-state index in [1.165, 1.54) is 0 Å². The first-order valence-electron chi connectivity index (χ1n) is 4.27. The highest BCUT2D eigenvalue weighted by Crippen LogP contribution is 2.05. The maximum Gasteiger partial charge on any atom is 0.0558 e. The van der Waals surface area contributed by atoms with Crippen molar-refractivity contribution in [3.05, 3.63) is 0 Å². The van der Waals surface area contributed by atoms with Crippen molar-refractivity contribution in [3.63, 3.8) is 0 Å². The lowest BCUT2D eigenvalue weighted by Gasteiger charge is -2.37. The summed E-state index contributed by atoms with van der Waals surface area (Å²) in [6.45, 7) is 6.66. The van der Waals surface area contributed by atoms with Gasteiger partial charge in [-0.2, -0.15) is 0 Å². The molecule has 0 saturated carbocycles. The van der Waals surface area contributed by atoms with Crippen LogP contribution in [0.1, 0.15) is 6.92 Å². The average Bonchev–Trinajstić information content (AvgIpc) is 1.98. The van der Waals surface area contributed by atoms with Crippen LogP contribution in [-0.4, -0.2) is 60.8 Å². The van der Waals surface area contributed by atoms with Gasteiger partial charge in [0.05, 0.1) is 6.61 Å². The minimum atomic E-state index is 0.288. The van der Waals surface area contributed by atoms with Gasteiger partial charge >= 0.3 is 0 Å². The fraction of sp³-hybridized carbons (Fsp3) is 1.00. The Morgan fingerprint density at radius 3 is 2.73 bits per heavy atom. The van der Waals surface area contributed by atoms with Gasteiger partial charge in [-0.3, -0.25) is 4.90 Å². The van der Waals surface area contributed by atoms with E-state index in [9.17, 15) is 0 Å². The largest absolute Gasteiger partial charge is 0.395 e. The number of hydrogen-bond acceptors (Lipinski definition) is 3. The molecule has 0 aromatic rings. The van der Waals surface area contributed by atoms with E-state index < -0.39 is 0 Å². The quantitative estimate of drug-likeness (QED) is 0.593. The van der Waals surface area contributed by atoms with Gasteiger partial charge in [0, 0.05) is 32.2 Å². The smallest absolute Gasteiger partial charge is 0.0558 e. The molecular weight excluding hydrogens is 140 g/mol. The molecule has 66 valence electrons. The number of piperazine rings is 1. The lowest BCUT2D eigenvalue weighted by molar-refractivity contribution is 0.0894. The second-order valence-electron chi connectivity index (χ2n) is 3.35. The summed E-state index contributed by atoms with van der Waals surface area (Å²) in [5.41, 5.74) is 0. The van der Waals surface area contributed by atoms with E-state index in [1.54, 1.807) is 0 Å². The summed E-state index contributed by atoms with van der Waals surface area (Å²) in [5, 5.41) is 8.72. The first-order chi connectivity index (χ1) is 5.24. The molecule has 1 unspecified atom stereocenters. The molecular formula is C8H18N2O. The summed E-state index contributed by atoms with van der Waals surface area (Å²) in [4.78, 5) is 4.67. The molecule has 1 rings (SSSR count). The molecule has 11 heavy (non-hydrogen) atoms. The average molecular weight is 158 g/mol. The van der Waals surface area contributed by atoms with Crippen molar-refractivity contribution >= 4 is 0 Å². The van der Waals surface area contributed by atoms with Gasteiger partial charge in [-0.15, -0.1) is 0 Å². The summed E-state index contributed by atoms with van der Waals surface area (Å²) in [7, 11) is 2.15. The molecule has 1 aliphatic heterocycles. The van der Waals surface area contributed by atoms with E-state index in [4.69, 9.17) is 5.11 Å². The second kappa shape index (κ2) is 4.04. The minimum Gasteiger partial charge on any atom is -0.395 e. The van der Waals surface area contributed by atoms with Crippen LogP contribution >= 0.6 is 0 Å². The van der Waals surface area contributed by atoms with Gasteiger partial charge in [0.15, 0.2) is 0 Å². The molecule has 0 bridgehead atoms. The Morgan fingerprint density at radius 1 is 1.45 bits per heavy atom. The predicted octanol–water partition coefficient (Wildman–Crippen LogP) is -0.385. The number of aliphatic hydroxyl groups is 1. The van der Waals surface area contributed by atoms with Gasteiger partial charge in [0.1, 0.15) is 0 Å². The summed E-state index contributed by atoms with van der Waals surface area (Å²) in [6.07, 6.45) is 0. The van der Waals surface area contributed by atoms with Crippen LogP contribution in [-0.2, 0) is 0 Å². The van der Waals surface area contributed by atoms with Crippen LogP contribution < -0.4 is 0 Å². The van der Waals surface area contributed by atoms with E-state index in [0.29, 0.717) is 6.04 Å². The lowest BCUT2D eigenvalue weighted by atomic mass is 10.2. The molecule has 0 amide bonds. The summed E-state index contributed by atoms with van der Waals surface area (Å²) in [6, 6.07) is 0.635. The number of β-amino-alcohol motifs (C(OH)–C–C–N with tert-alkyl or cyclic N) is 1. The van der Waals surface area contributed by atoms with Crippen molar-refractivity contribution in [2.75, 3.05) is 39.8 Å². The number of nitrogens with zero attached hydrogens (tertiary/aromatic N) is 2. The molecule has 1 saturated heterocycles. The van der Waals surface area contributed by atoms with Crippen LogP contribution in [0.25, 0.3) is 0 Å². The Labute approximate surface area is 68.6 Å². The molecule has 1 atom stereocenters. The summed E-state index contributed by atoms with van der Waals surface area (Å²) >= 11 is 0. The molecule has 0 aromatic carbocycles. The normalized spacial score (nSPS) is 29.2. The first kappa shape index (κ1) is 8.97. The molecule has 0 spiro atoms. The van der Waals surface area contributed by atoms with E-state index in [1.807, 2.05) is 0 Å². The van der Waals surface area contributed by atoms with Gasteiger partial charge in [-0.1, -0.05) is 0 Å². The highest BCUT2D eigenvalue weighted by Gasteiger charge is 2.19. The molecule has 1 N–H and O–H groups in total. The summed E-state index contributed by atoms with van der Waals surface area (Å²) in [5.74, 6) is 0. The number of hydrogen-bond donors (Lipinski definition) is 1. The van der Waals surface area contributed by atoms with Gasteiger partial charge in [-0.05, 0) is 14.0 Å². The Kier molecular flexibility index (Phi) is 3.30. The Hall–Kier alpha value is -0.120. The van der Waals surface area contributed by atoms with Gasteiger partial charge in [0.2, 0.25) is 0 Å². The van der Waals surface area contributed by atoms with E-state index in [2.05, 4.69) is 23.8 Å². The third-order valence-corrected chi connectivity index (χ3v) is 2.46. The number of rotatable bonds is 2. The van der Waals surface area contributed by atoms with Crippen LogP contribution in [0.15, 0.2) is 0 Å². The highest BCUT2D eigenvalue weighted by molar-refractivity contribution is 4.75. The minimum absolute atomic E-state index is 0.288. The van der Waals surface area contributed by atoms with E-state index >= 15 is 0 Å². The van der Waals surface area contributed by atoms with Crippen LogP contribution in [0.3, 0.4) is 0 Å². The highest BCUT2D eigenvalue weighted by atomic mass is 16.3. The van der Waals surface area contributed by atoms with Crippen LogP contribution in [0.5, 0.6) is 0 Å². The van der Waals surface area contributed by atoms with Crippen molar-refractivity contribution in [3.8, 4) is 0 Å². The third-order valence-electron chi connectivity index (χ3n) is 2.46. The standard InChI is InChI=1S/C8H18N2O/c1-8-7-10(5-6-11)4-3-9(8)2/h8,11H,3-7H2,1-2H3. The SMILES string of the molecule is CC1CN(CCO)CCN1C. The van der Waals surface area contributed by atoms with Gasteiger partial charge in [0.25, 0.3) is 0 Å². The number of aliphatic hydroxyl groups excluding tert-OH is 1. The Bertz CT molecular complexity index is 119. The second-order valence-corrected chi connectivity index (χ2v) is 3.35. The number of likely N-dealkylation sites (N-methyl/N-ethyl adjacent to an activating group) is 1. The first-order valence-corrected chi connectivity index (χ1v) is 4.27. The van der Waals surface area contributed by atoms with E-state index in [0.717, 1.165) is 26.2 Å². The monoisotopic (exact) mass is 158 g/mol. The molecule has 1 heterocycles. The molecule has 3 nitrogen and oxygen atoms in total. The lowest BCUT2D eigenvalue weighted by Crippen LogP contribution is -2.50. The molecule has 1 aliphatic rings. The van der Waals surface area contributed by atoms with Gasteiger partial charge < -0.3 is 10.0 Å². The van der Waals surface area contributed by atoms with Crippen LogP contribution in [0.2, 0.25) is 0 Å². The van der Waals surface area contributed by atoms with Crippen LogP contribution in [0, 0.1) is 0 Å². The third kappa shape index (κ3) is 2.43. The molecule has 3 heteroatoms. The van der Waals surface area contributed by atoms with Crippen molar-refractivity contribution in [1.82, 2.24) is 9.80 Å². The van der Waals surface area contributed by atoms with Crippen molar-refractivity contribution in [2.45, 2.75) is 13.0 Å². The van der Waals surface area contributed by atoms with E-state index in [-0.39, 0.29) is 6.61 Å². The van der Waals surface area contributed by atoms with Crippen LogP contribution in [0.4, 0.5) is 0 Å². The maximum absolute atomic E-state index is 8.72. The summed E-state index contributed by atoms with van der Waals surface area (Å²) < 4.78 is 0. The Morgan fingerprint density at radius 2 is 2.18 bits per heavy atom. The fourth-order valence-electron chi connectivity index (χ4n) is 1.47. The molecule has 0 aromatic heterocycles. The molecule has 0 aliphatic carbocycles. The Balaban J connectivity index is 2.28. The zero-order valence-electron chi connectivity index (χ0n) is 7.45. The zero-order valence-corrected chi connectivity index (χ0v) is 7.45. The van der Waals surface area contributed by atoms with Crippen molar-refractivity contribution in [1.29, 1.82) is 0 Å². The maximum atomic E-state index is 8.72. The predicted molar refractivity (Wildman–Crippen MR) is 45.6 cm³/mol. The molecule has 1 fully saturated rings. The zero-order chi connectivity index (χ0) is 8.27. The molecule has 0 radical (unpaired) electrons.